The van der Waals surface area contributed by atoms with Gasteiger partial charge in [0, 0.05) is 48.5 Å². The maximum absolute atomic E-state index is 13.4. The van der Waals surface area contributed by atoms with Crippen LogP contribution in [0.4, 0.5) is 4.39 Å². The van der Waals surface area contributed by atoms with Crippen LogP contribution in [0.2, 0.25) is 0 Å². The third-order valence-corrected chi connectivity index (χ3v) is 7.62. The second-order valence-corrected chi connectivity index (χ2v) is 9.67. The summed E-state index contributed by atoms with van der Waals surface area (Å²) in [6, 6.07) is 12.8. The van der Waals surface area contributed by atoms with Crippen LogP contribution < -0.4 is 4.74 Å². The van der Waals surface area contributed by atoms with Crippen molar-refractivity contribution in [2.24, 2.45) is 0 Å². The number of aromatic nitrogens is 1. The average molecular weight is 458 g/mol. The largest absolute Gasteiger partial charge is 0.463 e. The Morgan fingerprint density at radius 3 is 2.59 bits per heavy atom. The highest BCUT2D eigenvalue weighted by atomic mass is 32.2. The Hall–Kier alpha value is -3.04. The van der Waals surface area contributed by atoms with Crippen molar-refractivity contribution in [2.45, 2.75) is 24.8 Å². The van der Waals surface area contributed by atoms with Crippen LogP contribution in [0, 0.1) is 6.92 Å². The Kier molecular flexibility index (Phi) is 6.12. The van der Waals surface area contributed by atoms with Crippen molar-refractivity contribution >= 4 is 26.7 Å². The van der Waals surface area contributed by atoms with Crippen LogP contribution in [-0.2, 0) is 10.0 Å². The molecule has 0 radical (unpaired) electrons. The molecule has 1 atom stereocenters. The third kappa shape index (κ3) is 4.05. The Morgan fingerprint density at radius 1 is 1.16 bits per heavy atom. The Labute approximate surface area is 186 Å². The van der Waals surface area contributed by atoms with Gasteiger partial charge in [-0.25, -0.2) is 12.8 Å². The number of alkyl halides is 1. The fourth-order valence-electron chi connectivity index (χ4n) is 4.10. The lowest BCUT2D eigenvalue weighted by Crippen LogP contribution is -2.55. The van der Waals surface area contributed by atoms with Crippen molar-refractivity contribution in [1.82, 2.24) is 14.2 Å². The first-order valence-electron chi connectivity index (χ1n) is 10.3. The SMILES string of the molecule is Cc1nccc2cccc(C(=O)N3CCN(S(=O)(=O)c4ccc(OCF)cc4)C[C@@H]3C)c12. The van der Waals surface area contributed by atoms with Crippen LogP contribution in [-0.4, -0.2) is 61.1 Å². The number of amides is 1. The van der Waals surface area contributed by atoms with Crippen molar-refractivity contribution < 1.29 is 22.3 Å². The van der Waals surface area contributed by atoms with Crippen LogP contribution in [0.3, 0.4) is 0 Å². The second kappa shape index (κ2) is 8.84. The first-order chi connectivity index (χ1) is 15.3. The fraction of sp³-hybridized carbons (Fsp3) is 0.304. The first kappa shape index (κ1) is 22.2. The van der Waals surface area contributed by atoms with Crippen LogP contribution >= 0.6 is 0 Å². The van der Waals surface area contributed by atoms with Crippen LogP contribution in [0.1, 0.15) is 23.0 Å². The summed E-state index contributed by atoms with van der Waals surface area (Å²) in [6.07, 6.45) is 1.72. The molecule has 0 N–H and O–H groups in total. The Bertz CT molecular complexity index is 1240. The highest BCUT2D eigenvalue weighted by molar-refractivity contribution is 7.89. The third-order valence-electron chi connectivity index (χ3n) is 5.74. The molecule has 168 valence electrons. The number of halogens is 1. The minimum atomic E-state index is -3.75. The molecule has 1 saturated heterocycles. The topological polar surface area (TPSA) is 79.8 Å². The molecule has 4 rings (SSSR count). The first-order valence-corrected chi connectivity index (χ1v) is 11.7. The van der Waals surface area contributed by atoms with E-state index in [0.29, 0.717) is 5.56 Å². The van der Waals surface area contributed by atoms with Gasteiger partial charge in [0.2, 0.25) is 16.9 Å². The molecular weight excluding hydrogens is 433 g/mol. The number of sulfonamides is 1. The quantitative estimate of drug-likeness (QED) is 0.587. The number of rotatable bonds is 5. The summed E-state index contributed by atoms with van der Waals surface area (Å²) in [5, 5.41) is 1.76. The van der Waals surface area contributed by atoms with Crippen molar-refractivity contribution in [3.8, 4) is 5.75 Å². The lowest BCUT2D eigenvalue weighted by molar-refractivity contribution is 0.0593. The zero-order valence-electron chi connectivity index (χ0n) is 17.9. The number of nitrogens with zero attached hydrogens (tertiary/aromatic N) is 3. The van der Waals surface area contributed by atoms with Crippen LogP contribution in [0.15, 0.2) is 59.6 Å². The van der Waals surface area contributed by atoms with Gasteiger partial charge in [-0.1, -0.05) is 12.1 Å². The number of carbonyl (C=O) groups is 1. The standard InChI is InChI=1S/C23H24FN3O4S/c1-16-14-26(32(29,30)20-8-6-19(7-9-20)31-15-24)12-13-27(16)23(28)21-5-3-4-18-10-11-25-17(2)22(18)21/h3-11,16H,12-15H2,1-2H3/t16-/m0/s1. The summed E-state index contributed by atoms with van der Waals surface area (Å²) in [6.45, 7) is 3.37. The van der Waals surface area contributed by atoms with E-state index in [0.717, 1.165) is 16.5 Å². The van der Waals surface area contributed by atoms with Gasteiger partial charge < -0.3 is 9.64 Å². The molecule has 1 aromatic heterocycles. The zero-order valence-corrected chi connectivity index (χ0v) is 18.7. The number of piperazine rings is 1. The fourth-order valence-corrected chi connectivity index (χ4v) is 5.62. The predicted octanol–water partition coefficient (Wildman–Crippen LogP) is 3.38. The van der Waals surface area contributed by atoms with Crippen LogP contribution in [0.5, 0.6) is 5.75 Å². The van der Waals surface area contributed by atoms with Gasteiger partial charge in [-0.3, -0.25) is 9.78 Å². The number of fused-ring (bicyclic) bond motifs is 1. The van der Waals surface area contributed by atoms with E-state index in [1.54, 1.807) is 17.2 Å². The Balaban J connectivity index is 1.54. The van der Waals surface area contributed by atoms with Gasteiger partial charge in [0.05, 0.1) is 4.90 Å². The number of ether oxygens (including phenoxy) is 1. The van der Waals surface area contributed by atoms with E-state index < -0.39 is 16.9 Å². The molecule has 1 aliphatic heterocycles. The molecule has 0 bridgehead atoms. The predicted molar refractivity (Wildman–Crippen MR) is 119 cm³/mol. The summed E-state index contributed by atoms with van der Waals surface area (Å²) in [4.78, 5) is 19.5. The normalized spacial score (nSPS) is 17.5. The smallest absolute Gasteiger partial charge is 0.254 e. The van der Waals surface area contributed by atoms with Gasteiger partial charge in [0.25, 0.3) is 5.91 Å². The second-order valence-electron chi connectivity index (χ2n) is 7.74. The molecule has 2 heterocycles. The molecule has 0 aliphatic carbocycles. The number of hydrogen-bond donors (Lipinski definition) is 0. The summed E-state index contributed by atoms with van der Waals surface area (Å²) < 4.78 is 44.5. The van der Waals surface area contributed by atoms with E-state index in [4.69, 9.17) is 4.74 Å². The molecule has 7 nitrogen and oxygen atoms in total. The minimum Gasteiger partial charge on any atom is -0.463 e. The zero-order chi connectivity index (χ0) is 22.9. The molecule has 9 heteroatoms. The summed E-state index contributed by atoms with van der Waals surface area (Å²) in [5.74, 6) is 0.124. The van der Waals surface area contributed by atoms with E-state index >= 15 is 0 Å². The molecule has 1 aliphatic rings. The number of hydrogen-bond acceptors (Lipinski definition) is 5. The summed E-state index contributed by atoms with van der Waals surface area (Å²) >= 11 is 0. The molecule has 2 aromatic carbocycles. The van der Waals surface area contributed by atoms with Gasteiger partial charge in [-0.2, -0.15) is 4.31 Å². The van der Waals surface area contributed by atoms with E-state index in [2.05, 4.69) is 4.98 Å². The number of pyridine rings is 1. The van der Waals surface area contributed by atoms with Gasteiger partial charge >= 0.3 is 0 Å². The Morgan fingerprint density at radius 2 is 1.91 bits per heavy atom. The number of aryl methyl sites for hydroxylation is 1. The van der Waals surface area contributed by atoms with Crippen LogP contribution in [0.25, 0.3) is 10.8 Å². The summed E-state index contributed by atoms with van der Waals surface area (Å²) in [7, 11) is -3.75. The number of benzene rings is 2. The minimum absolute atomic E-state index is 0.103. The van der Waals surface area contributed by atoms with Gasteiger partial charge in [-0.05, 0) is 55.6 Å². The highest BCUT2D eigenvalue weighted by Crippen LogP contribution is 2.26. The molecule has 0 unspecified atom stereocenters. The molecule has 1 amide bonds. The number of carbonyl (C=O) groups excluding carboxylic acids is 1. The molecule has 32 heavy (non-hydrogen) atoms. The van der Waals surface area contributed by atoms with Crippen molar-refractivity contribution in [3.63, 3.8) is 0 Å². The maximum Gasteiger partial charge on any atom is 0.254 e. The molecular formula is C23H24FN3O4S. The maximum atomic E-state index is 13.4. The van der Waals surface area contributed by atoms with E-state index in [-0.39, 0.29) is 42.2 Å². The van der Waals surface area contributed by atoms with Crippen molar-refractivity contribution in [1.29, 1.82) is 0 Å². The lowest BCUT2D eigenvalue weighted by Gasteiger charge is -2.39. The lowest BCUT2D eigenvalue weighted by atomic mass is 10.0. The summed E-state index contributed by atoms with van der Waals surface area (Å²) in [5.41, 5.74) is 1.35. The van der Waals surface area contributed by atoms with Crippen molar-refractivity contribution in [2.75, 3.05) is 26.5 Å². The van der Waals surface area contributed by atoms with E-state index in [9.17, 15) is 17.6 Å². The molecule has 3 aromatic rings. The highest BCUT2D eigenvalue weighted by Gasteiger charge is 2.35. The van der Waals surface area contributed by atoms with Gasteiger partial charge in [0.1, 0.15) is 5.75 Å². The van der Waals surface area contributed by atoms with Gasteiger partial charge in [0.15, 0.2) is 0 Å². The van der Waals surface area contributed by atoms with E-state index in [1.165, 1.54) is 28.6 Å². The van der Waals surface area contributed by atoms with Gasteiger partial charge in [-0.15, -0.1) is 0 Å². The van der Waals surface area contributed by atoms with E-state index in [1.807, 2.05) is 32.0 Å². The molecule has 1 fully saturated rings. The molecule has 0 saturated carbocycles. The van der Waals surface area contributed by atoms with Crippen molar-refractivity contribution in [3.05, 3.63) is 66.0 Å². The average Bonchev–Trinajstić information content (AvgIpc) is 2.79. The molecule has 0 spiro atoms. The monoisotopic (exact) mass is 457 g/mol.